The molecule has 0 radical (unpaired) electrons. The molecule has 0 unspecified atom stereocenters. The van der Waals surface area contributed by atoms with Crippen LogP contribution in [0.4, 0.5) is 0 Å². The van der Waals surface area contributed by atoms with Gasteiger partial charge in [0.15, 0.2) is 0 Å². The standard InChI is InChI=1S/C14H18INO/c1-16(13-4-2-3-5-13)14(17)10-11-6-8-12(15)9-7-11/h6-9,13H,2-5,10H2,1H3. The van der Waals surface area contributed by atoms with Gasteiger partial charge in [0.2, 0.25) is 5.91 Å². The second kappa shape index (κ2) is 5.85. The number of carbonyl (C=O) groups excluding carboxylic acids is 1. The Morgan fingerprint density at radius 3 is 2.47 bits per heavy atom. The highest BCUT2D eigenvalue weighted by atomic mass is 127. The summed E-state index contributed by atoms with van der Waals surface area (Å²) in [6, 6.07) is 8.67. The minimum Gasteiger partial charge on any atom is -0.342 e. The molecule has 0 atom stereocenters. The number of amides is 1. The molecule has 0 aromatic heterocycles. The Morgan fingerprint density at radius 2 is 1.88 bits per heavy atom. The monoisotopic (exact) mass is 343 g/mol. The second-order valence-corrected chi connectivity index (χ2v) is 5.99. The minimum atomic E-state index is 0.248. The molecule has 1 aromatic rings. The van der Waals surface area contributed by atoms with E-state index < -0.39 is 0 Å². The van der Waals surface area contributed by atoms with Gasteiger partial charge in [-0.3, -0.25) is 4.79 Å². The van der Waals surface area contributed by atoms with E-state index in [-0.39, 0.29) is 5.91 Å². The second-order valence-electron chi connectivity index (χ2n) is 4.75. The van der Waals surface area contributed by atoms with E-state index in [2.05, 4.69) is 34.7 Å². The fourth-order valence-electron chi connectivity index (χ4n) is 2.40. The highest BCUT2D eigenvalue weighted by Gasteiger charge is 2.23. The molecule has 2 rings (SSSR count). The average Bonchev–Trinajstić information content (AvgIpc) is 2.84. The summed E-state index contributed by atoms with van der Waals surface area (Å²) in [5, 5.41) is 0. The first kappa shape index (κ1) is 12.9. The van der Waals surface area contributed by atoms with Crippen molar-refractivity contribution in [2.75, 3.05) is 7.05 Å². The number of hydrogen-bond acceptors (Lipinski definition) is 1. The van der Waals surface area contributed by atoms with Crippen molar-refractivity contribution < 1.29 is 4.79 Å². The SMILES string of the molecule is CN(C(=O)Cc1ccc(I)cc1)C1CCCC1. The van der Waals surface area contributed by atoms with Gasteiger partial charge >= 0.3 is 0 Å². The Morgan fingerprint density at radius 1 is 1.29 bits per heavy atom. The van der Waals surface area contributed by atoms with Gasteiger partial charge in [-0.25, -0.2) is 0 Å². The maximum atomic E-state index is 12.1. The fraction of sp³-hybridized carbons (Fsp3) is 0.500. The summed E-state index contributed by atoms with van der Waals surface area (Å²) in [4.78, 5) is 14.1. The molecule has 1 fully saturated rings. The number of halogens is 1. The van der Waals surface area contributed by atoms with Crippen molar-refractivity contribution in [3.63, 3.8) is 0 Å². The van der Waals surface area contributed by atoms with Gasteiger partial charge in [-0.05, 0) is 53.1 Å². The van der Waals surface area contributed by atoms with Crippen LogP contribution in [0.25, 0.3) is 0 Å². The zero-order valence-electron chi connectivity index (χ0n) is 10.2. The third-order valence-corrected chi connectivity index (χ3v) is 4.25. The van der Waals surface area contributed by atoms with Crippen molar-refractivity contribution in [1.29, 1.82) is 0 Å². The first-order valence-corrected chi connectivity index (χ1v) is 7.25. The summed E-state index contributed by atoms with van der Waals surface area (Å²) in [6.45, 7) is 0. The lowest BCUT2D eigenvalue weighted by molar-refractivity contribution is -0.131. The molecule has 0 spiro atoms. The maximum absolute atomic E-state index is 12.1. The van der Waals surface area contributed by atoms with Crippen LogP contribution in [-0.2, 0) is 11.2 Å². The third-order valence-electron chi connectivity index (χ3n) is 3.53. The van der Waals surface area contributed by atoms with E-state index in [1.807, 2.05) is 24.1 Å². The Bertz CT molecular complexity index is 382. The van der Waals surface area contributed by atoms with Crippen molar-refractivity contribution in [2.45, 2.75) is 38.1 Å². The van der Waals surface area contributed by atoms with Crippen molar-refractivity contribution >= 4 is 28.5 Å². The number of carbonyl (C=O) groups is 1. The van der Waals surface area contributed by atoms with Gasteiger partial charge in [0.05, 0.1) is 6.42 Å². The van der Waals surface area contributed by atoms with Crippen molar-refractivity contribution in [3.8, 4) is 0 Å². The predicted molar refractivity (Wildman–Crippen MR) is 77.9 cm³/mol. The number of benzene rings is 1. The van der Waals surface area contributed by atoms with Crippen LogP contribution in [0.5, 0.6) is 0 Å². The molecule has 2 nitrogen and oxygen atoms in total. The van der Waals surface area contributed by atoms with Crippen molar-refractivity contribution in [3.05, 3.63) is 33.4 Å². The largest absolute Gasteiger partial charge is 0.342 e. The van der Waals surface area contributed by atoms with Crippen LogP contribution in [0, 0.1) is 3.57 Å². The molecule has 1 aliphatic rings. The normalized spacial score (nSPS) is 16.1. The summed E-state index contributed by atoms with van der Waals surface area (Å²) < 4.78 is 1.21. The van der Waals surface area contributed by atoms with Gasteiger partial charge in [-0.2, -0.15) is 0 Å². The molecule has 0 aliphatic heterocycles. The van der Waals surface area contributed by atoms with E-state index >= 15 is 0 Å². The van der Waals surface area contributed by atoms with Gasteiger partial charge < -0.3 is 4.90 Å². The lowest BCUT2D eigenvalue weighted by Gasteiger charge is -2.24. The van der Waals surface area contributed by atoms with Gasteiger partial charge in [0.1, 0.15) is 0 Å². The molecule has 0 bridgehead atoms. The van der Waals surface area contributed by atoms with Crippen LogP contribution >= 0.6 is 22.6 Å². The Hall–Kier alpha value is -0.580. The number of likely N-dealkylation sites (N-methyl/N-ethyl adjacent to an activating group) is 1. The van der Waals surface area contributed by atoms with E-state index in [1.165, 1.54) is 29.3 Å². The van der Waals surface area contributed by atoms with E-state index in [4.69, 9.17) is 0 Å². The summed E-state index contributed by atoms with van der Waals surface area (Å²) in [5.74, 6) is 0.248. The zero-order valence-corrected chi connectivity index (χ0v) is 12.3. The minimum absolute atomic E-state index is 0.248. The van der Waals surface area contributed by atoms with Crippen LogP contribution in [0.3, 0.4) is 0 Å². The fourth-order valence-corrected chi connectivity index (χ4v) is 2.76. The van der Waals surface area contributed by atoms with E-state index in [9.17, 15) is 4.79 Å². The average molecular weight is 343 g/mol. The number of rotatable bonds is 3. The molecule has 1 aliphatic carbocycles. The molecule has 1 saturated carbocycles. The molecule has 1 amide bonds. The van der Waals surface area contributed by atoms with E-state index in [0.717, 1.165) is 5.56 Å². The maximum Gasteiger partial charge on any atom is 0.226 e. The third kappa shape index (κ3) is 3.44. The van der Waals surface area contributed by atoms with Crippen LogP contribution in [0.15, 0.2) is 24.3 Å². The summed E-state index contributed by atoms with van der Waals surface area (Å²) in [5.41, 5.74) is 1.11. The summed E-state index contributed by atoms with van der Waals surface area (Å²) in [6.07, 6.45) is 5.42. The topological polar surface area (TPSA) is 20.3 Å². The summed E-state index contributed by atoms with van der Waals surface area (Å²) in [7, 11) is 1.95. The smallest absolute Gasteiger partial charge is 0.226 e. The molecule has 0 saturated heterocycles. The molecular weight excluding hydrogens is 325 g/mol. The molecule has 0 heterocycles. The van der Waals surface area contributed by atoms with Gasteiger partial charge in [0.25, 0.3) is 0 Å². The molecule has 92 valence electrons. The zero-order chi connectivity index (χ0) is 12.3. The molecule has 17 heavy (non-hydrogen) atoms. The van der Waals surface area contributed by atoms with Gasteiger partial charge in [-0.1, -0.05) is 25.0 Å². The summed E-state index contributed by atoms with van der Waals surface area (Å²) >= 11 is 2.28. The van der Waals surface area contributed by atoms with Crippen LogP contribution in [0.1, 0.15) is 31.2 Å². The molecule has 3 heteroatoms. The van der Waals surface area contributed by atoms with Gasteiger partial charge in [-0.15, -0.1) is 0 Å². The van der Waals surface area contributed by atoms with Crippen LogP contribution in [0.2, 0.25) is 0 Å². The number of hydrogen-bond donors (Lipinski definition) is 0. The first-order chi connectivity index (χ1) is 8.16. The Labute approximate surface area is 117 Å². The number of nitrogens with zero attached hydrogens (tertiary/aromatic N) is 1. The lowest BCUT2D eigenvalue weighted by Crippen LogP contribution is -2.36. The molecular formula is C14H18INO. The first-order valence-electron chi connectivity index (χ1n) is 6.17. The van der Waals surface area contributed by atoms with Crippen molar-refractivity contribution in [2.24, 2.45) is 0 Å². The van der Waals surface area contributed by atoms with Crippen molar-refractivity contribution in [1.82, 2.24) is 4.90 Å². The van der Waals surface area contributed by atoms with E-state index in [1.54, 1.807) is 0 Å². The highest BCUT2D eigenvalue weighted by molar-refractivity contribution is 14.1. The molecule has 0 N–H and O–H groups in total. The Balaban J connectivity index is 1.93. The quantitative estimate of drug-likeness (QED) is 0.772. The molecule has 1 aromatic carbocycles. The highest BCUT2D eigenvalue weighted by Crippen LogP contribution is 2.23. The van der Waals surface area contributed by atoms with Crippen LogP contribution < -0.4 is 0 Å². The van der Waals surface area contributed by atoms with E-state index in [0.29, 0.717) is 12.5 Å². The predicted octanol–water partition coefficient (Wildman–Crippen LogP) is 3.23. The lowest BCUT2D eigenvalue weighted by atomic mass is 10.1. The van der Waals surface area contributed by atoms with Crippen LogP contribution in [-0.4, -0.2) is 23.9 Å². The van der Waals surface area contributed by atoms with Gasteiger partial charge in [0, 0.05) is 16.7 Å². The Kier molecular flexibility index (Phi) is 4.42.